The Balaban J connectivity index is 1.72. The van der Waals surface area contributed by atoms with E-state index in [1.54, 1.807) is 22.9 Å². The summed E-state index contributed by atoms with van der Waals surface area (Å²) in [6, 6.07) is 12.1. The Morgan fingerprint density at radius 3 is 2.92 bits per heavy atom. The molecule has 6 heteroatoms. The van der Waals surface area contributed by atoms with Crippen LogP contribution < -0.4 is 4.80 Å². The lowest BCUT2D eigenvalue weighted by Crippen LogP contribution is -2.13. The lowest BCUT2D eigenvalue weighted by Gasteiger charge is -2.00. The summed E-state index contributed by atoms with van der Waals surface area (Å²) < 4.78 is 4.17. The molecule has 0 unspecified atom stereocenters. The highest BCUT2D eigenvalue weighted by Gasteiger charge is 2.09. The maximum atomic E-state index is 12.6. The minimum absolute atomic E-state index is 0.214. The molecule has 2 heterocycles. The van der Waals surface area contributed by atoms with Crippen molar-refractivity contribution in [1.82, 2.24) is 9.55 Å². The molecule has 0 saturated heterocycles. The molecule has 4 aromatic rings. The van der Waals surface area contributed by atoms with Crippen LogP contribution >= 0.6 is 22.7 Å². The zero-order valence-electron chi connectivity index (χ0n) is 14.7. The fourth-order valence-electron chi connectivity index (χ4n) is 2.96. The number of carbonyl (C=O) groups excluding carboxylic acids is 1. The topological polar surface area (TPSA) is 47.2 Å². The average Bonchev–Trinajstić information content (AvgIpc) is 3.24. The predicted octanol–water partition coefficient (Wildman–Crippen LogP) is 4.93. The third kappa shape index (κ3) is 3.22. The molecular weight excluding hydrogens is 362 g/mol. The summed E-state index contributed by atoms with van der Waals surface area (Å²) in [6.45, 7) is 2.20. The molecule has 0 aliphatic carbocycles. The van der Waals surface area contributed by atoms with Crippen LogP contribution in [-0.2, 0) is 13.5 Å². The van der Waals surface area contributed by atoms with Crippen LogP contribution in [0.25, 0.3) is 20.4 Å². The van der Waals surface area contributed by atoms with Crippen LogP contribution in [0.1, 0.15) is 35.7 Å². The van der Waals surface area contributed by atoms with Crippen molar-refractivity contribution >= 4 is 49.0 Å². The fourth-order valence-corrected chi connectivity index (χ4v) is 4.76. The van der Waals surface area contributed by atoms with Crippen molar-refractivity contribution < 1.29 is 4.79 Å². The smallest absolute Gasteiger partial charge is 0.279 e. The maximum absolute atomic E-state index is 12.6. The highest BCUT2D eigenvalue weighted by atomic mass is 32.1. The van der Waals surface area contributed by atoms with E-state index in [-0.39, 0.29) is 5.91 Å². The van der Waals surface area contributed by atoms with Gasteiger partial charge in [0.1, 0.15) is 0 Å². The number of nitrogens with zero attached hydrogens (tertiary/aromatic N) is 3. The van der Waals surface area contributed by atoms with Crippen LogP contribution in [0.4, 0.5) is 0 Å². The van der Waals surface area contributed by atoms with E-state index >= 15 is 0 Å². The largest absolute Gasteiger partial charge is 0.319 e. The van der Waals surface area contributed by atoms with Crippen molar-refractivity contribution in [2.75, 3.05) is 0 Å². The fraction of sp³-hybridized carbons (Fsp3) is 0.250. The Hall–Kier alpha value is -2.31. The number of carbonyl (C=O) groups is 1. The molecule has 26 heavy (non-hydrogen) atoms. The number of hydrogen-bond acceptors (Lipinski definition) is 4. The first-order valence-electron chi connectivity index (χ1n) is 8.66. The Labute approximate surface area is 159 Å². The normalized spacial score (nSPS) is 12.3. The third-order valence-electron chi connectivity index (χ3n) is 4.47. The molecule has 1 amide bonds. The summed E-state index contributed by atoms with van der Waals surface area (Å²) >= 11 is 3.10. The van der Waals surface area contributed by atoms with Crippen molar-refractivity contribution in [3.05, 3.63) is 57.8 Å². The Kier molecular flexibility index (Phi) is 4.70. The zero-order valence-corrected chi connectivity index (χ0v) is 16.4. The van der Waals surface area contributed by atoms with E-state index < -0.39 is 0 Å². The van der Waals surface area contributed by atoms with E-state index in [4.69, 9.17) is 0 Å². The monoisotopic (exact) mass is 381 g/mol. The van der Waals surface area contributed by atoms with Gasteiger partial charge in [-0.25, -0.2) is 4.98 Å². The molecule has 0 aliphatic heterocycles. The van der Waals surface area contributed by atoms with Gasteiger partial charge in [-0.15, -0.1) is 11.3 Å². The van der Waals surface area contributed by atoms with E-state index in [1.807, 2.05) is 23.7 Å². The Bertz CT molecular complexity index is 1170. The van der Waals surface area contributed by atoms with Gasteiger partial charge in [0.2, 0.25) is 0 Å². The van der Waals surface area contributed by atoms with Gasteiger partial charge in [-0.05, 0) is 48.7 Å². The first-order chi connectivity index (χ1) is 12.7. The average molecular weight is 382 g/mol. The summed E-state index contributed by atoms with van der Waals surface area (Å²) in [5.41, 5.74) is 5.76. The molecule has 2 aromatic heterocycles. The molecule has 4 rings (SSSR count). The van der Waals surface area contributed by atoms with Crippen molar-refractivity contribution in [3.63, 3.8) is 0 Å². The Morgan fingerprint density at radius 2 is 2.08 bits per heavy atom. The van der Waals surface area contributed by atoms with Gasteiger partial charge in [0.25, 0.3) is 5.91 Å². The van der Waals surface area contributed by atoms with Crippen LogP contribution in [0.15, 0.2) is 46.9 Å². The van der Waals surface area contributed by atoms with Gasteiger partial charge in [-0.1, -0.05) is 30.7 Å². The number of amides is 1. The number of rotatable bonds is 4. The molecule has 0 fully saturated rings. The first-order valence-corrected chi connectivity index (χ1v) is 10.4. The van der Waals surface area contributed by atoms with Gasteiger partial charge < -0.3 is 4.57 Å². The van der Waals surface area contributed by atoms with Crippen molar-refractivity contribution in [2.45, 2.75) is 26.2 Å². The molecule has 0 aliphatic rings. The molecule has 0 atom stereocenters. The van der Waals surface area contributed by atoms with Crippen LogP contribution in [0, 0.1) is 0 Å². The number of fused-ring (bicyclic) bond motifs is 2. The number of unbranched alkanes of at least 4 members (excludes halogenated alkanes) is 1. The summed E-state index contributed by atoms with van der Waals surface area (Å²) in [4.78, 5) is 22.0. The summed E-state index contributed by atoms with van der Waals surface area (Å²) in [5, 5.41) is 0. The van der Waals surface area contributed by atoms with Gasteiger partial charge in [0.05, 0.1) is 25.9 Å². The van der Waals surface area contributed by atoms with Crippen molar-refractivity contribution in [3.8, 4) is 0 Å². The zero-order chi connectivity index (χ0) is 18.1. The number of benzene rings is 2. The van der Waals surface area contributed by atoms with Crippen LogP contribution in [0.3, 0.4) is 0 Å². The van der Waals surface area contributed by atoms with Gasteiger partial charge in [0.15, 0.2) is 4.80 Å². The van der Waals surface area contributed by atoms with Gasteiger partial charge in [0, 0.05) is 12.6 Å². The minimum Gasteiger partial charge on any atom is -0.319 e. The SMILES string of the molecule is CCCCc1ccc2c(c1)sc(=NC(=O)c1ccc3ncsc3c1)n2C. The van der Waals surface area contributed by atoms with E-state index in [1.165, 1.54) is 34.4 Å². The number of aryl methyl sites for hydroxylation is 2. The lowest BCUT2D eigenvalue weighted by atomic mass is 10.1. The third-order valence-corrected chi connectivity index (χ3v) is 6.35. The molecular formula is C20H19N3OS2. The molecule has 0 saturated carbocycles. The number of hydrogen-bond donors (Lipinski definition) is 0. The highest BCUT2D eigenvalue weighted by Crippen LogP contribution is 2.21. The van der Waals surface area contributed by atoms with Crippen molar-refractivity contribution in [2.24, 2.45) is 12.0 Å². The lowest BCUT2D eigenvalue weighted by molar-refractivity contribution is 0.0998. The second-order valence-electron chi connectivity index (χ2n) is 6.30. The highest BCUT2D eigenvalue weighted by molar-refractivity contribution is 7.17. The maximum Gasteiger partial charge on any atom is 0.279 e. The molecule has 132 valence electrons. The Morgan fingerprint density at radius 1 is 1.19 bits per heavy atom. The van der Waals surface area contributed by atoms with E-state index in [0.29, 0.717) is 5.56 Å². The van der Waals surface area contributed by atoms with Gasteiger partial charge in [-0.3, -0.25) is 4.79 Å². The van der Waals surface area contributed by atoms with Crippen molar-refractivity contribution in [1.29, 1.82) is 0 Å². The molecule has 0 radical (unpaired) electrons. The summed E-state index contributed by atoms with van der Waals surface area (Å²) in [5.74, 6) is -0.214. The van der Waals surface area contributed by atoms with Crippen LogP contribution in [-0.4, -0.2) is 15.5 Å². The van der Waals surface area contributed by atoms with Gasteiger partial charge >= 0.3 is 0 Å². The minimum atomic E-state index is -0.214. The predicted molar refractivity (Wildman–Crippen MR) is 109 cm³/mol. The molecule has 0 spiro atoms. The van der Waals surface area contributed by atoms with Gasteiger partial charge in [-0.2, -0.15) is 4.99 Å². The van der Waals surface area contributed by atoms with E-state index in [2.05, 4.69) is 35.1 Å². The summed E-state index contributed by atoms with van der Waals surface area (Å²) in [6.07, 6.45) is 3.47. The molecule has 0 bridgehead atoms. The second kappa shape index (κ2) is 7.13. The molecule has 4 nitrogen and oxygen atoms in total. The molecule has 2 aromatic carbocycles. The first kappa shape index (κ1) is 17.1. The quantitative estimate of drug-likeness (QED) is 0.503. The van der Waals surface area contributed by atoms with E-state index in [0.717, 1.165) is 27.0 Å². The summed E-state index contributed by atoms with van der Waals surface area (Å²) in [7, 11) is 1.96. The second-order valence-corrected chi connectivity index (χ2v) is 8.20. The molecule has 0 N–H and O–H groups in total. The number of thiazole rings is 2. The van der Waals surface area contributed by atoms with Crippen LogP contribution in [0.2, 0.25) is 0 Å². The van der Waals surface area contributed by atoms with Crippen LogP contribution in [0.5, 0.6) is 0 Å². The standard InChI is InChI=1S/C20H19N3OS2/c1-3-4-5-13-6-9-16-18(10-13)26-20(23(16)2)22-19(24)14-7-8-15-17(11-14)25-12-21-15/h6-12H,3-5H2,1-2H3. The van der Waals surface area contributed by atoms with E-state index in [9.17, 15) is 4.79 Å². The number of aromatic nitrogens is 2.